The van der Waals surface area contributed by atoms with E-state index >= 15 is 0 Å². The summed E-state index contributed by atoms with van der Waals surface area (Å²) in [5.41, 5.74) is 10.1. The fraction of sp³-hybridized carbons (Fsp3) is 0.455. The van der Waals surface area contributed by atoms with E-state index in [2.05, 4.69) is 37.7 Å². The first-order valence-electron chi connectivity index (χ1n) is 9.02. The van der Waals surface area contributed by atoms with E-state index in [4.69, 9.17) is 5.73 Å². The fourth-order valence-corrected chi connectivity index (χ4v) is 3.05. The minimum absolute atomic E-state index is 0.232. The topological polar surface area (TPSA) is 69.4 Å². The highest BCUT2D eigenvalue weighted by atomic mass is 16.6. The maximum atomic E-state index is 11.4. The minimum Gasteiger partial charge on any atom is -0.389 e. The number of ether oxygens (including phenoxy) is 1. The molecule has 0 fully saturated rings. The van der Waals surface area contributed by atoms with Gasteiger partial charge in [0, 0.05) is 6.08 Å². The van der Waals surface area contributed by atoms with Crippen molar-refractivity contribution in [2.75, 3.05) is 6.54 Å². The minimum atomic E-state index is -0.737. The summed E-state index contributed by atoms with van der Waals surface area (Å²) in [5, 5.41) is 0. The Kier molecular flexibility index (Phi) is 8.46. The van der Waals surface area contributed by atoms with Crippen LogP contribution in [-0.2, 0) is 14.3 Å². The molecule has 2 N–H and O–H groups in total. The van der Waals surface area contributed by atoms with Crippen molar-refractivity contribution in [3.8, 4) is 0 Å². The second-order valence-corrected chi connectivity index (χ2v) is 7.42. The Morgan fingerprint density at radius 3 is 2.50 bits per heavy atom. The summed E-state index contributed by atoms with van der Waals surface area (Å²) < 4.78 is 4.49. The van der Waals surface area contributed by atoms with Crippen molar-refractivity contribution in [1.29, 1.82) is 0 Å². The molecular formula is C22H31NO3. The second kappa shape index (κ2) is 10.1. The van der Waals surface area contributed by atoms with Gasteiger partial charge in [0.05, 0.1) is 6.54 Å². The van der Waals surface area contributed by atoms with Gasteiger partial charge in [0.1, 0.15) is 0 Å². The highest BCUT2D eigenvalue weighted by Gasteiger charge is 2.26. The number of esters is 2. The molecule has 0 amide bonds. The van der Waals surface area contributed by atoms with Crippen LogP contribution in [0.15, 0.2) is 58.7 Å². The fourth-order valence-electron chi connectivity index (χ4n) is 3.05. The van der Waals surface area contributed by atoms with Crippen LogP contribution in [0.3, 0.4) is 0 Å². The van der Waals surface area contributed by atoms with Gasteiger partial charge < -0.3 is 10.5 Å². The van der Waals surface area contributed by atoms with Gasteiger partial charge in [-0.15, -0.1) is 0 Å². The Morgan fingerprint density at radius 1 is 1.19 bits per heavy atom. The van der Waals surface area contributed by atoms with Crippen LogP contribution in [-0.4, -0.2) is 18.5 Å². The van der Waals surface area contributed by atoms with Crippen LogP contribution in [0.4, 0.5) is 0 Å². The molecule has 1 aliphatic carbocycles. The van der Waals surface area contributed by atoms with Gasteiger partial charge in [0.2, 0.25) is 0 Å². The molecule has 0 saturated carbocycles. The van der Waals surface area contributed by atoms with Crippen molar-refractivity contribution in [2.24, 2.45) is 11.1 Å². The zero-order chi connectivity index (χ0) is 19.7. The zero-order valence-corrected chi connectivity index (χ0v) is 16.6. The van der Waals surface area contributed by atoms with E-state index < -0.39 is 11.9 Å². The lowest BCUT2D eigenvalue weighted by Gasteiger charge is -2.32. The molecule has 26 heavy (non-hydrogen) atoms. The third-order valence-corrected chi connectivity index (χ3v) is 4.50. The standard InChI is InChI=1S/C22H31NO3/c1-16(11-12-19-18(3)10-7-13-22(19,4)5)8-6-9-17(2)14-20(24)26-21(25)15-23/h6,8-9,11-12,14H,7,10,13,15,23H2,1-5H3/b9-6+,12-11+,16-8+,17-14+. The summed E-state index contributed by atoms with van der Waals surface area (Å²) in [6.45, 7) is 10.3. The molecule has 0 aromatic carbocycles. The Balaban J connectivity index is 2.72. The van der Waals surface area contributed by atoms with Crippen molar-refractivity contribution in [2.45, 2.75) is 53.9 Å². The lowest BCUT2D eigenvalue weighted by molar-refractivity contribution is -0.155. The summed E-state index contributed by atoms with van der Waals surface area (Å²) in [6, 6.07) is 0. The Morgan fingerprint density at radius 2 is 1.88 bits per heavy atom. The van der Waals surface area contributed by atoms with Crippen LogP contribution in [0.2, 0.25) is 0 Å². The monoisotopic (exact) mass is 357 g/mol. The molecule has 1 aliphatic rings. The highest BCUT2D eigenvalue weighted by molar-refractivity contribution is 5.93. The molecule has 4 heteroatoms. The third-order valence-electron chi connectivity index (χ3n) is 4.50. The average Bonchev–Trinajstić information content (AvgIpc) is 2.53. The molecule has 0 heterocycles. The zero-order valence-electron chi connectivity index (χ0n) is 16.6. The van der Waals surface area contributed by atoms with Gasteiger partial charge >= 0.3 is 11.9 Å². The van der Waals surface area contributed by atoms with Gasteiger partial charge in [-0.2, -0.15) is 0 Å². The number of carbonyl (C=O) groups excluding carboxylic acids is 2. The number of carbonyl (C=O) groups is 2. The second-order valence-electron chi connectivity index (χ2n) is 7.42. The van der Waals surface area contributed by atoms with Crippen molar-refractivity contribution in [1.82, 2.24) is 0 Å². The van der Waals surface area contributed by atoms with Gasteiger partial charge in [-0.25, -0.2) is 4.79 Å². The van der Waals surface area contributed by atoms with Gasteiger partial charge in [0.15, 0.2) is 0 Å². The largest absolute Gasteiger partial charge is 0.389 e. The Hall–Kier alpha value is -2.20. The molecule has 4 nitrogen and oxygen atoms in total. The molecule has 142 valence electrons. The number of nitrogens with two attached hydrogens (primary N) is 1. The molecule has 0 bridgehead atoms. The van der Waals surface area contributed by atoms with Crippen LogP contribution in [0.25, 0.3) is 0 Å². The first kappa shape index (κ1) is 21.8. The summed E-state index contributed by atoms with van der Waals surface area (Å²) in [7, 11) is 0. The van der Waals surface area contributed by atoms with Crippen molar-refractivity contribution in [3.05, 3.63) is 58.7 Å². The molecule has 0 unspecified atom stereocenters. The van der Waals surface area contributed by atoms with Crippen LogP contribution in [0.5, 0.6) is 0 Å². The molecule has 0 radical (unpaired) electrons. The van der Waals surface area contributed by atoms with Crippen LogP contribution < -0.4 is 5.73 Å². The summed E-state index contributed by atoms with van der Waals surface area (Å²) in [6.07, 6.45) is 14.9. The molecule has 0 aromatic heterocycles. The van der Waals surface area contributed by atoms with Gasteiger partial charge in [-0.1, -0.05) is 55.4 Å². The Labute approximate surface area is 157 Å². The number of hydrogen-bond donors (Lipinski definition) is 1. The van der Waals surface area contributed by atoms with E-state index in [-0.39, 0.29) is 12.0 Å². The van der Waals surface area contributed by atoms with E-state index in [9.17, 15) is 9.59 Å². The SMILES string of the molecule is CC1=C(/C=C/C(C)=C/C=C/C(C)=C/C(=O)OC(=O)CN)C(C)(C)CCC1. The molecule has 1 rings (SSSR count). The third kappa shape index (κ3) is 7.36. The van der Waals surface area contributed by atoms with Crippen molar-refractivity contribution >= 4 is 11.9 Å². The van der Waals surface area contributed by atoms with Crippen molar-refractivity contribution in [3.63, 3.8) is 0 Å². The van der Waals surface area contributed by atoms with Crippen LogP contribution >= 0.6 is 0 Å². The lowest BCUT2D eigenvalue weighted by atomic mass is 9.72. The predicted octanol–water partition coefficient (Wildman–Crippen LogP) is 4.55. The van der Waals surface area contributed by atoms with Crippen LogP contribution in [0, 0.1) is 5.41 Å². The smallest absolute Gasteiger partial charge is 0.338 e. The quantitative estimate of drug-likeness (QED) is 0.328. The summed E-state index contributed by atoms with van der Waals surface area (Å²) >= 11 is 0. The van der Waals surface area contributed by atoms with E-state index in [1.54, 1.807) is 13.0 Å². The van der Waals surface area contributed by atoms with Crippen LogP contribution in [0.1, 0.15) is 53.9 Å². The van der Waals surface area contributed by atoms with E-state index in [0.29, 0.717) is 5.57 Å². The molecule has 0 atom stereocenters. The lowest BCUT2D eigenvalue weighted by Crippen LogP contribution is -2.19. The van der Waals surface area contributed by atoms with Gasteiger partial charge in [-0.05, 0) is 56.6 Å². The number of hydrogen-bond acceptors (Lipinski definition) is 4. The predicted molar refractivity (Wildman–Crippen MR) is 106 cm³/mol. The normalized spacial score (nSPS) is 18.7. The molecule has 0 aromatic rings. The van der Waals surface area contributed by atoms with E-state index in [1.807, 2.05) is 19.1 Å². The molecular weight excluding hydrogens is 326 g/mol. The maximum absolute atomic E-state index is 11.4. The summed E-state index contributed by atoms with van der Waals surface area (Å²) in [5.74, 6) is -1.44. The molecule has 0 saturated heterocycles. The molecule has 0 spiro atoms. The number of rotatable bonds is 6. The Bertz CT molecular complexity index is 688. The summed E-state index contributed by atoms with van der Waals surface area (Å²) in [4.78, 5) is 22.4. The van der Waals surface area contributed by atoms with E-state index in [0.717, 1.165) is 5.57 Å². The molecule has 0 aliphatic heterocycles. The van der Waals surface area contributed by atoms with Gasteiger partial charge in [-0.3, -0.25) is 4.79 Å². The number of allylic oxidation sites excluding steroid dienone is 9. The highest BCUT2D eigenvalue weighted by Crippen LogP contribution is 2.40. The van der Waals surface area contributed by atoms with Crippen molar-refractivity contribution < 1.29 is 14.3 Å². The van der Waals surface area contributed by atoms with Gasteiger partial charge in [0.25, 0.3) is 0 Å². The first-order valence-corrected chi connectivity index (χ1v) is 9.02. The van der Waals surface area contributed by atoms with E-state index in [1.165, 1.54) is 36.5 Å². The first-order chi connectivity index (χ1) is 12.2. The maximum Gasteiger partial charge on any atom is 0.338 e. The average molecular weight is 357 g/mol.